The maximum atomic E-state index is 14.7. The van der Waals surface area contributed by atoms with Gasteiger partial charge in [-0.15, -0.1) is 0 Å². The zero-order chi connectivity index (χ0) is 21.2. The molecule has 11 heteroatoms. The van der Waals surface area contributed by atoms with Gasteiger partial charge in [-0.3, -0.25) is 4.98 Å². The molecule has 0 saturated carbocycles. The number of nitrogens with zero attached hydrogens (tertiary/aromatic N) is 1. The molecule has 2 N–H and O–H groups in total. The molecule has 0 bridgehead atoms. The molecule has 2 aromatic rings. The summed E-state index contributed by atoms with van der Waals surface area (Å²) in [5.41, 5.74) is -4.93. The first-order valence-corrected chi connectivity index (χ1v) is 9.45. The second kappa shape index (κ2) is 6.46. The van der Waals surface area contributed by atoms with Gasteiger partial charge in [0.15, 0.2) is 9.84 Å². The van der Waals surface area contributed by atoms with E-state index in [1.807, 2.05) is 0 Å². The van der Waals surface area contributed by atoms with E-state index in [1.54, 1.807) is 0 Å². The first-order valence-electron chi connectivity index (χ1n) is 7.91. The summed E-state index contributed by atoms with van der Waals surface area (Å²) < 4.78 is 93.6. The highest BCUT2D eigenvalue weighted by Gasteiger charge is 2.50. The van der Waals surface area contributed by atoms with Crippen LogP contribution in [0.1, 0.15) is 40.0 Å². The Labute approximate surface area is 156 Å². The Balaban J connectivity index is 2.21. The lowest BCUT2D eigenvalue weighted by Crippen LogP contribution is -2.31. The van der Waals surface area contributed by atoms with Crippen molar-refractivity contribution in [3.05, 3.63) is 57.9 Å². The van der Waals surface area contributed by atoms with Crippen molar-refractivity contribution in [2.75, 3.05) is 0 Å². The summed E-state index contributed by atoms with van der Waals surface area (Å²) in [4.78, 5) is 3.33. The number of aliphatic hydroxyl groups excluding tert-OH is 2. The molecule has 5 nitrogen and oxygen atoms in total. The van der Waals surface area contributed by atoms with E-state index < -0.39 is 67.4 Å². The summed E-state index contributed by atoms with van der Waals surface area (Å²) in [6.07, 6.45) is -7.15. The Morgan fingerprint density at radius 2 is 1.75 bits per heavy atom. The number of aliphatic hydroxyl groups is 2. The van der Waals surface area contributed by atoms with Crippen LogP contribution in [0.15, 0.2) is 23.4 Å². The molecule has 28 heavy (non-hydrogen) atoms. The van der Waals surface area contributed by atoms with Gasteiger partial charge in [-0.1, -0.05) is 0 Å². The number of hydrogen-bond acceptors (Lipinski definition) is 5. The highest BCUT2D eigenvalue weighted by atomic mass is 32.2. The minimum absolute atomic E-state index is 0.145. The van der Waals surface area contributed by atoms with E-state index in [-0.39, 0.29) is 10.5 Å². The molecule has 0 aliphatic carbocycles. The van der Waals surface area contributed by atoms with Gasteiger partial charge in [-0.2, -0.15) is 13.2 Å². The number of halogens is 5. The first kappa shape index (κ1) is 20.6. The van der Waals surface area contributed by atoms with Crippen LogP contribution in [0.5, 0.6) is 0 Å². The SMILES string of the molecule is Cc1c(F)c(C(F)(F)F)c(C)c(F)c1C(O)C1C(O)c2cnccc2S1(=O)=O. The zero-order valence-corrected chi connectivity index (χ0v) is 15.2. The lowest BCUT2D eigenvalue weighted by atomic mass is 9.91. The molecule has 152 valence electrons. The fourth-order valence-corrected chi connectivity index (χ4v) is 5.52. The van der Waals surface area contributed by atoms with Crippen LogP contribution < -0.4 is 0 Å². The van der Waals surface area contributed by atoms with Gasteiger partial charge >= 0.3 is 6.18 Å². The molecule has 0 spiro atoms. The second-order valence-corrected chi connectivity index (χ2v) is 8.55. The average Bonchev–Trinajstić information content (AvgIpc) is 2.79. The number of alkyl halides is 3. The topological polar surface area (TPSA) is 87.5 Å². The molecule has 2 heterocycles. The van der Waals surface area contributed by atoms with Crippen LogP contribution in [-0.2, 0) is 16.0 Å². The summed E-state index contributed by atoms with van der Waals surface area (Å²) in [6.45, 7) is 1.48. The van der Waals surface area contributed by atoms with E-state index in [0.717, 1.165) is 25.4 Å². The lowest BCUT2D eigenvalue weighted by Gasteiger charge is -2.25. The van der Waals surface area contributed by atoms with Gasteiger partial charge in [0.05, 0.1) is 10.5 Å². The van der Waals surface area contributed by atoms with Gasteiger partial charge in [0.1, 0.15) is 29.1 Å². The smallest absolute Gasteiger partial charge is 0.387 e. The van der Waals surface area contributed by atoms with E-state index in [1.165, 1.54) is 0 Å². The van der Waals surface area contributed by atoms with Gasteiger partial charge < -0.3 is 10.2 Å². The number of hydrogen-bond donors (Lipinski definition) is 2. The number of fused-ring (bicyclic) bond motifs is 1. The predicted octanol–water partition coefficient (Wildman–Crippen LogP) is 2.92. The van der Waals surface area contributed by atoms with Gasteiger partial charge in [0.25, 0.3) is 0 Å². The Morgan fingerprint density at radius 3 is 2.29 bits per heavy atom. The van der Waals surface area contributed by atoms with E-state index in [9.17, 15) is 40.6 Å². The number of benzene rings is 1. The summed E-state index contributed by atoms with van der Waals surface area (Å²) in [5, 5.41) is 18.9. The van der Waals surface area contributed by atoms with Crippen LogP contribution in [0.25, 0.3) is 0 Å². The minimum Gasteiger partial charge on any atom is -0.387 e. The molecule has 1 aliphatic rings. The Kier molecular flexibility index (Phi) is 4.76. The number of rotatable bonds is 2. The first-order chi connectivity index (χ1) is 12.8. The highest BCUT2D eigenvalue weighted by molar-refractivity contribution is 7.92. The van der Waals surface area contributed by atoms with E-state index >= 15 is 0 Å². The molecule has 0 saturated heterocycles. The molecule has 3 rings (SSSR count). The third-order valence-electron chi connectivity index (χ3n) is 4.89. The molecule has 0 amide bonds. The Bertz CT molecular complexity index is 1040. The summed E-state index contributed by atoms with van der Waals surface area (Å²) >= 11 is 0. The van der Waals surface area contributed by atoms with Gasteiger partial charge in [0.2, 0.25) is 0 Å². The Morgan fingerprint density at radius 1 is 1.14 bits per heavy atom. The van der Waals surface area contributed by atoms with Gasteiger partial charge in [-0.05, 0) is 25.5 Å². The minimum atomic E-state index is -5.19. The standard InChI is InChI=1S/C17H14F5NO4S/c1-6-10(12(18)7(2)11(13(6)19)17(20,21)22)15(25)16-14(24)8-5-23-4-3-9(8)28(16,26)27/h3-5,14-16,24-25H,1-2H3. The van der Waals surface area contributed by atoms with Crippen molar-refractivity contribution >= 4 is 9.84 Å². The highest BCUT2D eigenvalue weighted by Crippen LogP contribution is 2.46. The van der Waals surface area contributed by atoms with Crippen LogP contribution in [0.4, 0.5) is 22.0 Å². The third kappa shape index (κ3) is 2.80. The molecular weight excluding hydrogens is 409 g/mol. The molecule has 1 aliphatic heterocycles. The monoisotopic (exact) mass is 423 g/mol. The van der Waals surface area contributed by atoms with Crippen molar-refractivity contribution < 1.29 is 40.6 Å². The lowest BCUT2D eigenvalue weighted by molar-refractivity contribution is -0.140. The van der Waals surface area contributed by atoms with Crippen molar-refractivity contribution in [2.45, 2.75) is 42.4 Å². The van der Waals surface area contributed by atoms with Crippen molar-refractivity contribution in [1.29, 1.82) is 0 Å². The van der Waals surface area contributed by atoms with E-state index in [4.69, 9.17) is 0 Å². The maximum Gasteiger partial charge on any atom is 0.419 e. The molecule has 3 atom stereocenters. The fraction of sp³-hybridized carbons (Fsp3) is 0.353. The van der Waals surface area contributed by atoms with E-state index in [0.29, 0.717) is 6.92 Å². The average molecular weight is 423 g/mol. The van der Waals surface area contributed by atoms with Crippen molar-refractivity contribution in [3.63, 3.8) is 0 Å². The zero-order valence-electron chi connectivity index (χ0n) is 14.4. The molecule has 1 aromatic carbocycles. The molecule has 3 unspecified atom stereocenters. The number of aromatic nitrogens is 1. The quantitative estimate of drug-likeness (QED) is 0.726. The van der Waals surface area contributed by atoms with Crippen molar-refractivity contribution in [2.24, 2.45) is 0 Å². The van der Waals surface area contributed by atoms with Crippen LogP contribution in [0, 0.1) is 25.5 Å². The van der Waals surface area contributed by atoms with Crippen LogP contribution in [0.3, 0.4) is 0 Å². The number of pyridine rings is 1. The van der Waals surface area contributed by atoms with Crippen LogP contribution >= 0.6 is 0 Å². The van der Waals surface area contributed by atoms with Crippen molar-refractivity contribution in [3.8, 4) is 0 Å². The second-order valence-electron chi connectivity index (χ2n) is 6.48. The van der Waals surface area contributed by atoms with Crippen LogP contribution in [-0.4, -0.2) is 28.9 Å². The summed E-state index contributed by atoms with van der Waals surface area (Å²) in [5.74, 6) is -3.40. The van der Waals surface area contributed by atoms with Gasteiger partial charge in [-0.25, -0.2) is 17.2 Å². The summed E-state index contributed by atoms with van der Waals surface area (Å²) in [6, 6.07) is 1.07. The molecular formula is C17H14F5NO4S. The molecule has 0 radical (unpaired) electrons. The van der Waals surface area contributed by atoms with Gasteiger partial charge in [0, 0.05) is 29.1 Å². The molecule has 1 aromatic heterocycles. The Hall–Kier alpha value is -2.11. The summed E-state index contributed by atoms with van der Waals surface area (Å²) in [7, 11) is -4.39. The van der Waals surface area contributed by atoms with E-state index in [2.05, 4.69) is 4.98 Å². The third-order valence-corrected chi connectivity index (χ3v) is 7.11. The normalized spacial score (nSPS) is 22.2. The maximum absolute atomic E-state index is 14.7. The predicted molar refractivity (Wildman–Crippen MR) is 86.0 cm³/mol. The molecule has 0 fully saturated rings. The largest absolute Gasteiger partial charge is 0.419 e. The van der Waals surface area contributed by atoms with Crippen molar-refractivity contribution in [1.82, 2.24) is 4.98 Å². The number of sulfone groups is 1. The fourth-order valence-electron chi connectivity index (χ4n) is 3.51. The van der Waals surface area contributed by atoms with Crippen LogP contribution in [0.2, 0.25) is 0 Å².